The number of rotatable bonds is 4. The molecule has 0 radical (unpaired) electrons. The maximum atomic E-state index is 5.54. The zero-order chi connectivity index (χ0) is 13.0. The Morgan fingerprint density at radius 3 is 2.72 bits per heavy atom. The number of hydrogen-bond acceptors (Lipinski definition) is 4. The lowest BCUT2D eigenvalue weighted by atomic mass is 10.1. The molecule has 0 bridgehead atoms. The first-order chi connectivity index (χ1) is 8.74. The van der Waals surface area contributed by atoms with Gasteiger partial charge in [0.1, 0.15) is 4.60 Å². The number of hydrogen-bond donors (Lipinski definition) is 0. The van der Waals surface area contributed by atoms with E-state index in [0.29, 0.717) is 22.7 Å². The molecule has 0 N–H and O–H groups in total. The minimum Gasteiger partial charge on any atom is -0.493 e. The van der Waals surface area contributed by atoms with Crippen LogP contribution in [0.3, 0.4) is 0 Å². The van der Waals surface area contributed by atoms with Gasteiger partial charge in [-0.2, -0.15) is 0 Å². The molecule has 0 spiro atoms. The number of aromatic nitrogens is 2. The Morgan fingerprint density at radius 2 is 2.06 bits per heavy atom. The zero-order valence-electron chi connectivity index (χ0n) is 10.2. The van der Waals surface area contributed by atoms with Gasteiger partial charge in [0.05, 0.1) is 31.8 Å². The second-order valence-corrected chi connectivity index (χ2v) is 4.34. The number of ether oxygens (including phenoxy) is 2. The highest BCUT2D eigenvalue weighted by atomic mass is 79.9. The fraction of sp³-hybridized carbons (Fsp3) is 0.231. The van der Waals surface area contributed by atoms with Crippen LogP contribution in [-0.2, 0) is 0 Å². The molecule has 0 amide bonds. The first-order valence-electron chi connectivity index (χ1n) is 5.53. The van der Waals surface area contributed by atoms with E-state index < -0.39 is 0 Å². The Hall–Kier alpha value is -1.62. The number of halogens is 1. The molecule has 2 aromatic rings. The normalized spacial score (nSPS) is 10.2. The van der Waals surface area contributed by atoms with Crippen LogP contribution in [0.15, 0.2) is 35.2 Å². The molecule has 0 aliphatic heterocycles. The molecule has 5 heteroatoms. The fourth-order valence-corrected chi connectivity index (χ4v) is 1.89. The van der Waals surface area contributed by atoms with Crippen LogP contribution in [0.4, 0.5) is 0 Å². The van der Waals surface area contributed by atoms with Crippen molar-refractivity contribution < 1.29 is 9.47 Å². The van der Waals surface area contributed by atoms with Crippen molar-refractivity contribution in [1.29, 1.82) is 0 Å². The van der Waals surface area contributed by atoms with Gasteiger partial charge in [-0.1, -0.05) is 0 Å². The van der Waals surface area contributed by atoms with Gasteiger partial charge in [0.25, 0.3) is 0 Å². The van der Waals surface area contributed by atoms with Gasteiger partial charge in [0.2, 0.25) is 0 Å². The Labute approximate surface area is 114 Å². The molecule has 0 aliphatic rings. The summed E-state index contributed by atoms with van der Waals surface area (Å²) in [6.45, 7) is 2.52. The lowest BCUT2D eigenvalue weighted by molar-refractivity contribution is 0.311. The monoisotopic (exact) mass is 308 g/mol. The second kappa shape index (κ2) is 5.82. The predicted molar refractivity (Wildman–Crippen MR) is 72.9 cm³/mol. The van der Waals surface area contributed by atoms with Crippen molar-refractivity contribution in [3.05, 3.63) is 35.2 Å². The van der Waals surface area contributed by atoms with Crippen LogP contribution in [0, 0.1) is 0 Å². The van der Waals surface area contributed by atoms with Crippen molar-refractivity contribution >= 4 is 15.9 Å². The van der Waals surface area contributed by atoms with Crippen LogP contribution in [0.25, 0.3) is 11.3 Å². The third-order valence-electron chi connectivity index (χ3n) is 2.36. The van der Waals surface area contributed by atoms with Crippen LogP contribution in [0.5, 0.6) is 11.5 Å². The number of benzene rings is 1. The molecule has 2 rings (SSSR count). The van der Waals surface area contributed by atoms with Crippen molar-refractivity contribution in [3.8, 4) is 22.8 Å². The zero-order valence-corrected chi connectivity index (χ0v) is 11.8. The number of nitrogens with zero attached hydrogens (tertiary/aromatic N) is 2. The van der Waals surface area contributed by atoms with Crippen molar-refractivity contribution in [2.24, 2.45) is 0 Å². The summed E-state index contributed by atoms with van der Waals surface area (Å²) in [4.78, 5) is 8.46. The third-order valence-corrected chi connectivity index (χ3v) is 2.75. The van der Waals surface area contributed by atoms with Crippen LogP contribution in [0.1, 0.15) is 6.92 Å². The molecule has 1 aromatic carbocycles. The summed E-state index contributed by atoms with van der Waals surface area (Å²) in [5.74, 6) is 1.42. The highest BCUT2D eigenvalue weighted by Crippen LogP contribution is 2.31. The van der Waals surface area contributed by atoms with E-state index in [2.05, 4.69) is 25.9 Å². The Bertz CT molecular complexity index is 546. The van der Waals surface area contributed by atoms with Crippen molar-refractivity contribution in [1.82, 2.24) is 9.97 Å². The molecule has 0 atom stereocenters. The van der Waals surface area contributed by atoms with Gasteiger partial charge in [-0.05, 0) is 41.1 Å². The van der Waals surface area contributed by atoms with Gasteiger partial charge >= 0.3 is 0 Å². The quantitative estimate of drug-likeness (QED) is 0.869. The van der Waals surface area contributed by atoms with Crippen LogP contribution in [-0.4, -0.2) is 23.7 Å². The Balaban J connectivity index is 2.43. The smallest absolute Gasteiger partial charge is 0.161 e. The van der Waals surface area contributed by atoms with Crippen LogP contribution < -0.4 is 9.47 Å². The van der Waals surface area contributed by atoms with Gasteiger partial charge in [-0.3, -0.25) is 4.98 Å². The number of methoxy groups -OCH3 is 1. The van der Waals surface area contributed by atoms with Crippen molar-refractivity contribution in [2.75, 3.05) is 13.7 Å². The first-order valence-corrected chi connectivity index (χ1v) is 6.32. The second-order valence-electron chi connectivity index (χ2n) is 3.53. The van der Waals surface area contributed by atoms with E-state index >= 15 is 0 Å². The summed E-state index contributed by atoms with van der Waals surface area (Å²) in [7, 11) is 1.62. The highest BCUT2D eigenvalue weighted by molar-refractivity contribution is 9.10. The molecule has 4 nitrogen and oxygen atoms in total. The molecular formula is C13H13BrN2O2. The molecule has 0 saturated carbocycles. The van der Waals surface area contributed by atoms with Gasteiger partial charge < -0.3 is 9.47 Å². The fourth-order valence-electron chi connectivity index (χ4n) is 1.59. The minimum atomic E-state index is 0.587. The average Bonchev–Trinajstić information content (AvgIpc) is 2.39. The summed E-state index contributed by atoms with van der Waals surface area (Å²) >= 11 is 3.31. The SMILES string of the molecule is CCOc1cc(-c2cncc(Br)n2)ccc1OC. The minimum absolute atomic E-state index is 0.587. The third kappa shape index (κ3) is 2.79. The summed E-state index contributed by atoms with van der Waals surface area (Å²) in [6, 6.07) is 5.69. The summed E-state index contributed by atoms with van der Waals surface area (Å²) in [5.41, 5.74) is 1.72. The van der Waals surface area contributed by atoms with Gasteiger partial charge in [-0.25, -0.2) is 4.98 Å². The Kier molecular flexibility index (Phi) is 4.15. The largest absolute Gasteiger partial charge is 0.493 e. The molecule has 0 fully saturated rings. The van der Waals surface area contributed by atoms with E-state index in [1.54, 1.807) is 19.5 Å². The van der Waals surface area contributed by atoms with Crippen molar-refractivity contribution in [3.63, 3.8) is 0 Å². The van der Waals surface area contributed by atoms with Crippen LogP contribution in [0.2, 0.25) is 0 Å². The summed E-state index contributed by atoms with van der Waals surface area (Å²) < 4.78 is 11.5. The topological polar surface area (TPSA) is 44.2 Å². The highest BCUT2D eigenvalue weighted by Gasteiger charge is 2.08. The molecular weight excluding hydrogens is 296 g/mol. The molecule has 0 saturated heterocycles. The van der Waals surface area contributed by atoms with Gasteiger partial charge in [0.15, 0.2) is 11.5 Å². The standard InChI is InChI=1S/C13H13BrN2O2/c1-3-18-12-6-9(4-5-11(12)17-2)10-7-15-8-13(14)16-10/h4-8H,3H2,1-2H3. The summed E-state index contributed by atoms with van der Waals surface area (Å²) in [6.07, 6.45) is 3.36. The van der Waals surface area contributed by atoms with Crippen LogP contribution >= 0.6 is 15.9 Å². The van der Waals surface area contributed by atoms with E-state index in [1.165, 1.54) is 0 Å². The van der Waals surface area contributed by atoms with E-state index in [4.69, 9.17) is 9.47 Å². The molecule has 1 aromatic heterocycles. The van der Waals surface area contributed by atoms with E-state index in [9.17, 15) is 0 Å². The van der Waals surface area contributed by atoms with Crippen molar-refractivity contribution in [2.45, 2.75) is 6.92 Å². The first kappa shape index (κ1) is 12.8. The molecule has 0 aliphatic carbocycles. The van der Waals surface area contributed by atoms with E-state index in [-0.39, 0.29) is 0 Å². The van der Waals surface area contributed by atoms with Gasteiger partial charge in [0, 0.05) is 5.56 Å². The lowest BCUT2D eigenvalue weighted by Gasteiger charge is -2.10. The molecule has 1 heterocycles. The maximum absolute atomic E-state index is 5.54. The molecule has 0 unspecified atom stereocenters. The van der Waals surface area contributed by atoms with E-state index in [0.717, 1.165) is 11.3 Å². The van der Waals surface area contributed by atoms with E-state index in [1.807, 2.05) is 25.1 Å². The van der Waals surface area contributed by atoms with Gasteiger partial charge in [-0.15, -0.1) is 0 Å². The lowest BCUT2D eigenvalue weighted by Crippen LogP contribution is -1.96. The average molecular weight is 309 g/mol. The molecule has 18 heavy (non-hydrogen) atoms. The Morgan fingerprint density at radius 1 is 1.22 bits per heavy atom. The maximum Gasteiger partial charge on any atom is 0.161 e. The molecule has 94 valence electrons. The predicted octanol–water partition coefficient (Wildman–Crippen LogP) is 3.31. The summed E-state index contributed by atoms with van der Waals surface area (Å²) in [5, 5.41) is 0.